The zero-order valence-electron chi connectivity index (χ0n) is 11.4. The number of likely N-dealkylation sites (N-methyl/N-ethyl adjacent to an activating group) is 1. The molecule has 0 aliphatic heterocycles. The first-order chi connectivity index (χ1) is 8.56. The number of carbonyl (C=O) groups is 1. The van der Waals surface area contributed by atoms with E-state index < -0.39 is 0 Å². The minimum atomic E-state index is 0.0111. The van der Waals surface area contributed by atoms with E-state index in [9.17, 15) is 4.79 Å². The molecule has 0 radical (unpaired) electrons. The fraction of sp³-hybridized carbons (Fsp3) is 0.538. The molecule has 1 amide bonds. The van der Waals surface area contributed by atoms with Gasteiger partial charge < -0.3 is 16.0 Å². The lowest BCUT2D eigenvalue weighted by Gasteiger charge is -2.18. The van der Waals surface area contributed by atoms with Crippen molar-refractivity contribution in [3.63, 3.8) is 0 Å². The van der Waals surface area contributed by atoms with E-state index in [0.29, 0.717) is 19.6 Å². The Hall–Kier alpha value is -1.62. The normalized spacial score (nSPS) is 10.2. The Morgan fingerprint density at radius 2 is 2.22 bits per heavy atom. The highest BCUT2D eigenvalue weighted by atomic mass is 16.2. The summed E-state index contributed by atoms with van der Waals surface area (Å²) in [5.41, 5.74) is 7.57. The summed E-state index contributed by atoms with van der Waals surface area (Å²) >= 11 is 0. The molecule has 1 aromatic heterocycles. The molecule has 1 heterocycles. The molecule has 0 aromatic carbocycles. The van der Waals surface area contributed by atoms with Gasteiger partial charge in [0.25, 0.3) is 0 Å². The van der Waals surface area contributed by atoms with E-state index in [1.54, 1.807) is 0 Å². The van der Waals surface area contributed by atoms with Crippen LogP contribution < -0.4 is 16.0 Å². The van der Waals surface area contributed by atoms with Crippen molar-refractivity contribution in [2.45, 2.75) is 26.8 Å². The van der Waals surface area contributed by atoms with Gasteiger partial charge in [-0.15, -0.1) is 0 Å². The van der Waals surface area contributed by atoms with Crippen LogP contribution in [-0.2, 0) is 11.3 Å². The summed E-state index contributed by atoms with van der Waals surface area (Å²) in [5.74, 6) is 0.791. The quantitative estimate of drug-likeness (QED) is 0.784. The molecule has 0 spiro atoms. The third-order valence-electron chi connectivity index (χ3n) is 2.58. The van der Waals surface area contributed by atoms with E-state index in [2.05, 4.69) is 10.3 Å². The third-order valence-corrected chi connectivity index (χ3v) is 2.58. The lowest BCUT2D eigenvalue weighted by atomic mass is 10.2. The van der Waals surface area contributed by atoms with Crippen molar-refractivity contribution in [1.29, 1.82) is 0 Å². The predicted octanol–water partition coefficient (Wildman–Crippen LogP) is 0.811. The van der Waals surface area contributed by atoms with Crippen molar-refractivity contribution >= 4 is 11.7 Å². The number of rotatable bonds is 6. The average molecular weight is 250 g/mol. The van der Waals surface area contributed by atoms with Gasteiger partial charge in [-0.2, -0.15) is 0 Å². The molecule has 0 saturated heterocycles. The van der Waals surface area contributed by atoms with Gasteiger partial charge in [0, 0.05) is 25.8 Å². The van der Waals surface area contributed by atoms with Crippen LogP contribution in [0, 0.1) is 6.92 Å². The van der Waals surface area contributed by atoms with Gasteiger partial charge in [0.05, 0.1) is 6.54 Å². The molecule has 0 fully saturated rings. The molecular formula is C13H22N4O. The summed E-state index contributed by atoms with van der Waals surface area (Å²) in [6.45, 7) is 5.45. The minimum absolute atomic E-state index is 0.0111. The first-order valence-electron chi connectivity index (χ1n) is 6.22. The minimum Gasteiger partial charge on any atom is -0.355 e. The van der Waals surface area contributed by atoms with Crippen molar-refractivity contribution < 1.29 is 4.79 Å². The lowest BCUT2D eigenvalue weighted by Crippen LogP contribution is -2.35. The van der Waals surface area contributed by atoms with Crippen molar-refractivity contribution in [2.75, 3.05) is 25.0 Å². The first-order valence-corrected chi connectivity index (χ1v) is 6.22. The maximum atomic E-state index is 11.6. The van der Waals surface area contributed by atoms with Crippen LogP contribution in [0.2, 0.25) is 0 Å². The molecular weight excluding hydrogens is 228 g/mol. The van der Waals surface area contributed by atoms with Gasteiger partial charge in [-0.05, 0) is 31.0 Å². The second-order valence-corrected chi connectivity index (χ2v) is 4.39. The van der Waals surface area contributed by atoms with E-state index >= 15 is 0 Å². The van der Waals surface area contributed by atoms with Gasteiger partial charge >= 0.3 is 0 Å². The zero-order chi connectivity index (χ0) is 13.5. The van der Waals surface area contributed by atoms with Crippen LogP contribution in [0.4, 0.5) is 5.82 Å². The van der Waals surface area contributed by atoms with Gasteiger partial charge in [-0.25, -0.2) is 4.98 Å². The molecule has 1 aromatic rings. The van der Waals surface area contributed by atoms with Crippen LogP contribution in [0.5, 0.6) is 0 Å². The molecule has 1 rings (SSSR count). The molecule has 3 N–H and O–H groups in total. The highest BCUT2D eigenvalue weighted by molar-refractivity contribution is 5.80. The van der Waals surface area contributed by atoms with E-state index in [4.69, 9.17) is 5.73 Å². The number of nitrogens with two attached hydrogens (primary N) is 1. The molecule has 0 aliphatic rings. The van der Waals surface area contributed by atoms with E-state index in [1.165, 1.54) is 0 Å². The van der Waals surface area contributed by atoms with Crippen LogP contribution in [0.1, 0.15) is 24.6 Å². The molecule has 5 nitrogen and oxygen atoms in total. The highest BCUT2D eigenvalue weighted by Crippen LogP contribution is 2.13. The Labute approximate surface area is 108 Å². The van der Waals surface area contributed by atoms with Crippen LogP contribution >= 0.6 is 0 Å². The number of hydrogen-bond donors (Lipinski definition) is 2. The Balaban J connectivity index is 2.68. The number of hydrogen-bond acceptors (Lipinski definition) is 4. The standard InChI is InChI=1S/C13H22N4O/c1-4-5-15-13(18)9-17(3)12-7-11(8-14)6-10(2)16-12/h6-7H,4-5,8-9,14H2,1-3H3,(H,15,18). The Morgan fingerprint density at radius 3 is 2.83 bits per heavy atom. The number of aromatic nitrogens is 1. The number of nitrogens with zero attached hydrogens (tertiary/aromatic N) is 2. The molecule has 0 unspecified atom stereocenters. The summed E-state index contributed by atoms with van der Waals surface area (Å²) in [6, 6.07) is 3.87. The molecule has 0 aliphatic carbocycles. The van der Waals surface area contributed by atoms with Crippen LogP contribution in [0.3, 0.4) is 0 Å². The molecule has 0 saturated carbocycles. The van der Waals surface area contributed by atoms with Crippen molar-refractivity contribution in [2.24, 2.45) is 5.73 Å². The fourth-order valence-corrected chi connectivity index (χ4v) is 1.65. The highest BCUT2D eigenvalue weighted by Gasteiger charge is 2.09. The summed E-state index contributed by atoms with van der Waals surface area (Å²) in [7, 11) is 1.85. The monoisotopic (exact) mass is 250 g/mol. The van der Waals surface area contributed by atoms with Crippen LogP contribution in [-0.4, -0.2) is 31.0 Å². The fourth-order valence-electron chi connectivity index (χ4n) is 1.65. The molecule has 5 heteroatoms. The van der Waals surface area contributed by atoms with Crippen molar-refractivity contribution in [1.82, 2.24) is 10.3 Å². The molecule has 100 valence electrons. The second-order valence-electron chi connectivity index (χ2n) is 4.39. The summed E-state index contributed by atoms with van der Waals surface area (Å²) in [6.07, 6.45) is 0.940. The number of carbonyl (C=O) groups excluding carboxylic acids is 1. The molecule has 0 atom stereocenters. The van der Waals surface area contributed by atoms with Crippen LogP contribution in [0.15, 0.2) is 12.1 Å². The SMILES string of the molecule is CCCNC(=O)CN(C)c1cc(CN)cc(C)n1. The number of amides is 1. The second kappa shape index (κ2) is 6.96. The lowest BCUT2D eigenvalue weighted by molar-refractivity contribution is -0.119. The average Bonchev–Trinajstić information content (AvgIpc) is 2.35. The number of nitrogens with one attached hydrogen (secondary N) is 1. The van der Waals surface area contributed by atoms with Crippen molar-refractivity contribution in [3.05, 3.63) is 23.4 Å². The largest absolute Gasteiger partial charge is 0.355 e. The Morgan fingerprint density at radius 1 is 1.50 bits per heavy atom. The smallest absolute Gasteiger partial charge is 0.239 e. The first kappa shape index (κ1) is 14.4. The summed E-state index contributed by atoms with van der Waals surface area (Å²) in [4.78, 5) is 17.9. The maximum absolute atomic E-state index is 11.6. The van der Waals surface area contributed by atoms with E-state index in [1.807, 2.05) is 37.9 Å². The van der Waals surface area contributed by atoms with Gasteiger partial charge in [0.15, 0.2) is 0 Å². The summed E-state index contributed by atoms with van der Waals surface area (Å²) in [5, 5.41) is 2.84. The predicted molar refractivity (Wildman–Crippen MR) is 73.4 cm³/mol. The van der Waals surface area contributed by atoms with Crippen molar-refractivity contribution in [3.8, 4) is 0 Å². The van der Waals surface area contributed by atoms with Gasteiger partial charge in [0.1, 0.15) is 5.82 Å². The van der Waals surface area contributed by atoms with E-state index in [-0.39, 0.29) is 5.91 Å². The Bertz CT molecular complexity index is 406. The number of anilines is 1. The number of aryl methyl sites for hydroxylation is 1. The van der Waals surface area contributed by atoms with Gasteiger partial charge in [-0.1, -0.05) is 6.92 Å². The topological polar surface area (TPSA) is 71.2 Å². The van der Waals surface area contributed by atoms with E-state index in [0.717, 1.165) is 23.5 Å². The molecule has 18 heavy (non-hydrogen) atoms. The number of pyridine rings is 1. The third kappa shape index (κ3) is 4.33. The zero-order valence-corrected chi connectivity index (χ0v) is 11.4. The van der Waals surface area contributed by atoms with Gasteiger partial charge in [-0.3, -0.25) is 4.79 Å². The van der Waals surface area contributed by atoms with Gasteiger partial charge in [0.2, 0.25) is 5.91 Å². The summed E-state index contributed by atoms with van der Waals surface area (Å²) < 4.78 is 0. The maximum Gasteiger partial charge on any atom is 0.239 e. The van der Waals surface area contributed by atoms with Crippen LogP contribution in [0.25, 0.3) is 0 Å². The Kier molecular flexibility index (Phi) is 5.58. The molecule has 0 bridgehead atoms.